The molecule has 1 N–H and O–H groups in total. The SMILES string of the molecule is O=NC1=CCc2nc[nH]c(=O)c21. The fraction of sp³-hybridized carbons (Fsp3) is 0.143. The largest absolute Gasteiger partial charge is 0.313 e. The average Bonchev–Trinajstić information content (AvgIpc) is 2.49. The molecule has 0 aromatic carbocycles. The zero-order chi connectivity index (χ0) is 8.55. The summed E-state index contributed by atoms with van der Waals surface area (Å²) in [5.74, 6) is 0. The Kier molecular flexibility index (Phi) is 1.36. The topological polar surface area (TPSA) is 75.2 Å². The van der Waals surface area contributed by atoms with Gasteiger partial charge in [0.25, 0.3) is 5.56 Å². The summed E-state index contributed by atoms with van der Waals surface area (Å²) in [5, 5.41) is 2.74. The Bertz CT molecular complexity index is 419. The molecule has 0 saturated heterocycles. The fourth-order valence-electron chi connectivity index (χ4n) is 1.23. The molecule has 0 atom stereocenters. The lowest BCUT2D eigenvalue weighted by Gasteiger charge is -1.94. The van der Waals surface area contributed by atoms with E-state index in [1.54, 1.807) is 6.08 Å². The van der Waals surface area contributed by atoms with Crippen LogP contribution in [-0.4, -0.2) is 9.97 Å². The summed E-state index contributed by atoms with van der Waals surface area (Å²) in [4.78, 5) is 27.7. The molecule has 1 aliphatic rings. The Labute approximate surface area is 67.1 Å². The van der Waals surface area contributed by atoms with Gasteiger partial charge in [0.15, 0.2) is 0 Å². The standard InChI is InChI=1S/C7H5N3O2/c11-7-6-4(8-3-9-7)1-2-5(6)10-12/h2-3H,1H2,(H,8,9,11). The van der Waals surface area contributed by atoms with Crippen molar-refractivity contribution in [1.82, 2.24) is 9.97 Å². The van der Waals surface area contributed by atoms with Crippen LogP contribution in [0.1, 0.15) is 11.3 Å². The lowest BCUT2D eigenvalue weighted by Crippen LogP contribution is -2.12. The van der Waals surface area contributed by atoms with Crippen LogP contribution in [0.25, 0.3) is 5.70 Å². The third-order valence-electron chi connectivity index (χ3n) is 1.77. The minimum absolute atomic E-state index is 0.194. The second kappa shape index (κ2) is 2.37. The molecule has 12 heavy (non-hydrogen) atoms. The minimum Gasteiger partial charge on any atom is -0.313 e. The third-order valence-corrected chi connectivity index (χ3v) is 1.77. The van der Waals surface area contributed by atoms with Crippen LogP contribution in [0.3, 0.4) is 0 Å². The summed E-state index contributed by atoms with van der Waals surface area (Å²) < 4.78 is 0. The van der Waals surface area contributed by atoms with Gasteiger partial charge in [0.2, 0.25) is 0 Å². The average molecular weight is 163 g/mol. The molecule has 1 aromatic heterocycles. The quantitative estimate of drug-likeness (QED) is 0.610. The highest BCUT2D eigenvalue weighted by Crippen LogP contribution is 2.22. The molecule has 0 fully saturated rings. The number of nitrogens with zero attached hydrogens (tertiary/aromatic N) is 2. The summed E-state index contributed by atoms with van der Waals surface area (Å²) in [7, 11) is 0. The maximum atomic E-state index is 11.1. The van der Waals surface area contributed by atoms with Crippen molar-refractivity contribution in [2.75, 3.05) is 0 Å². The smallest absolute Gasteiger partial charge is 0.260 e. The lowest BCUT2D eigenvalue weighted by atomic mass is 10.2. The van der Waals surface area contributed by atoms with Gasteiger partial charge < -0.3 is 4.98 Å². The van der Waals surface area contributed by atoms with Gasteiger partial charge in [0, 0.05) is 6.42 Å². The molecule has 1 aromatic rings. The minimum atomic E-state index is -0.302. The highest BCUT2D eigenvalue weighted by Gasteiger charge is 2.18. The van der Waals surface area contributed by atoms with Crippen LogP contribution in [0.5, 0.6) is 0 Å². The van der Waals surface area contributed by atoms with E-state index in [9.17, 15) is 9.70 Å². The molecule has 1 aliphatic carbocycles. The Balaban J connectivity index is 2.72. The van der Waals surface area contributed by atoms with E-state index in [1.807, 2.05) is 0 Å². The first-order chi connectivity index (χ1) is 5.83. The van der Waals surface area contributed by atoms with Crippen LogP contribution in [0.15, 0.2) is 22.4 Å². The Morgan fingerprint density at radius 1 is 1.58 bits per heavy atom. The molecule has 5 heteroatoms. The first kappa shape index (κ1) is 6.90. The van der Waals surface area contributed by atoms with Crippen molar-refractivity contribution in [3.05, 3.63) is 38.9 Å². The predicted octanol–water partition coefficient (Wildman–Crippen LogP) is 0.433. The Hall–Kier alpha value is -1.78. The van der Waals surface area contributed by atoms with Gasteiger partial charge in [0.1, 0.15) is 5.70 Å². The third kappa shape index (κ3) is 0.795. The molecule has 0 saturated carbocycles. The van der Waals surface area contributed by atoms with E-state index in [-0.39, 0.29) is 11.3 Å². The molecular weight excluding hydrogens is 158 g/mol. The molecule has 0 aliphatic heterocycles. The first-order valence-electron chi connectivity index (χ1n) is 3.43. The fourth-order valence-corrected chi connectivity index (χ4v) is 1.23. The number of rotatable bonds is 1. The maximum absolute atomic E-state index is 11.1. The lowest BCUT2D eigenvalue weighted by molar-refractivity contribution is 1.03. The van der Waals surface area contributed by atoms with Crippen molar-refractivity contribution >= 4 is 5.70 Å². The van der Waals surface area contributed by atoms with Gasteiger partial charge in [0.05, 0.1) is 17.6 Å². The van der Waals surface area contributed by atoms with Gasteiger partial charge in [-0.1, -0.05) is 0 Å². The number of hydrogen-bond acceptors (Lipinski definition) is 4. The van der Waals surface area contributed by atoms with Crippen molar-refractivity contribution in [3.8, 4) is 0 Å². The summed E-state index contributed by atoms with van der Waals surface area (Å²) >= 11 is 0. The van der Waals surface area contributed by atoms with Gasteiger partial charge in [-0.15, -0.1) is 4.91 Å². The summed E-state index contributed by atoms with van der Waals surface area (Å²) in [6, 6.07) is 0. The van der Waals surface area contributed by atoms with E-state index in [2.05, 4.69) is 15.1 Å². The zero-order valence-corrected chi connectivity index (χ0v) is 6.07. The molecule has 0 radical (unpaired) electrons. The van der Waals surface area contributed by atoms with Crippen molar-refractivity contribution < 1.29 is 0 Å². The normalized spacial score (nSPS) is 13.8. The number of fused-ring (bicyclic) bond motifs is 1. The van der Waals surface area contributed by atoms with Crippen LogP contribution in [0.4, 0.5) is 0 Å². The van der Waals surface area contributed by atoms with E-state index < -0.39 is 0 Å². The number of hydrogen-bond donors (Lipinski definition) is 1. The molecule has 5 nitrogen and oxygen atoms in total. The molecule has 0 spiro atoms. The van der Waals surface area contributed by atoms with Crippen molar-refractivity contribution in [2.24, 2.45) is 5.18 Å². The van der Waals surface area contributed by atoms with Gasteiger partial charge in [-0.05, 0) is 11.3 Å². The van der Waals surface area contributed by atoms with Gasteiger partial charge in [-0.25, -0.2) is 4.98 Å². The Morgan fingerprint density at radius 2 is 2.42 bits per heavy atom. The highest BCUT2D eigenvalue weighted by atomic mass is 16.3. The van der Waals surface area contributed by atoms with Crippen molar-refractivity contribution in [1.29, 1.82) is 0 Å². The summed E-state index contributed by atoms with van der Waals surface area (Å²) in [6.45, 7) is 0. The zero-order valence-electron chi connectivity index (χ0n) is 6.07. The van der Waals surface area contributed by atoms with E-state index in [0.717, 1.165) is 0 Å². The van der Waals surface area contributed by atoms with Crippen molar-refractivity contribution in [2.45, 2.75) is 6.42 Å². The number of aromatic amines is 1. The molecule has 2 rings (SSSR count). The first-order valence-corrected chi connectivity index (χ1v) is 3.43. The number of aromatic nitrogens is 2. The number of H-pyrrole nitrogens is 1. The predicted molar refractivity (Wildman–Crippen MR) is 42.3 cm³/mol. The van der Waals surface area contributed by atoms with Crippen LogP contribution >= 0.6 is 0 Å². The molecular formula is C7H5N3O2. The monoisotopic (exact) mass is 163 g/mol. The van der Waals surface area contributed by atoms with Gasteiger partial charge in [-0.2, -0.15) is 0 Å². The number of nitroso groups, excluding NO2 is 1. The Morgan fingerprint density at radius 3 is 3.17 bits per heavy atom. The summed E-state index contributed by atoms with van der Waals surface area (Å²) in [5.41, 5.74) is 0.823. The maximum Gasteiger partial charge on any atom is 0.260 e. The van der Waals surface area contributed by atoms with Gasteiger partial charge >= 0.3 is 0 Å². The van der Waals surface area contributed by atoms with Crippen LogP contribution in [0, 0.1) is 4.91 Å². The molecule has 0 unspecified atom stereocenters. The van der Waals surface area contributed by atoms with E-state index >= 15 is 0 Å². The molecule has 0 bridgehead atoms. The molecule has 1 heterocycles. The van der Waals surface area contributed by atoms with Gasteiger partial charge in [-0.3, -0.25) is 4.79 Å². The second-order valence-electron chi connectivity index (χ2n) is 2.44. The van der Waals surface area contributed by atoms with E-state index in [1.165, 1.54) is 6.33 Å². The van der Waals surface area contributed by atoms with Crippen molar-refractivity contribution in [3.63, 3.8) is 0 Å². The van der Waals surface area contributed by atoms with E-state index in [0.29, 0.717) is 17.7 Å². The summed E-state index contributed by atoms with van der Waals surface area (Å²) in [6.07, 6.45) is 3.43. The van der Waals surface area contributed by atoms with Crippen LogP contribution in [-0.2, 0) is 6.42 Å². The van der Waals surface area contributed by atoms with Crippen LogP contribution in [0.2, 0.25) is 0 Å². The second-order valence-corrected chi connectivity index (χ2v) is 2.44. The highest BCUT2D eigenvalue weighted by molar-refractivity contribution is 5.69. The number of allylic oxidation sites excluding steroid dienone is 1. The molecule has 0 amide bonds. The van der Waals surface area contributed by atoms with Crippen LogP contribution < -0.4 is 5.56 Å². The van der Waals surface area contributed by atoms with E-state index in [4.69, 9.17) is 0 Å². The molecule has 60 valence electrons. The number of nitrogens with one attached hydrogen (secondary N) is 1.